The molecule has 3 nitrogen and oxygen atoms in total. The summed E-state index contributed by atoms with van der Waals surface area (Å²) in [6.45, 7) is 4.06. The predicted molar refractivity (Wildman–Crippen MR) is 45.5 cm³/mol. The smallest absolute Gasteiger partial charge is 0.121 e. The third-order valence-electron chi connectivity index (χ3n) is 1.87. The average molecular weight is 158 g/mol. The van der Waals surface area contributed by atoms with Crippen molar-refractivity contribution in [3.8, 4) is 0 Å². The minimum atomic E-state index is 0.230. The molecular formula is C8H18N2O. The summed E-state index contributed by atoms with van der Waals surface area (Å²) in [6, 6.07) is 0.605. The SMILES string of the molecule is C[C@@H]1CCO[C@@H](CN(C)C)N1. The van der Waals surface area contributed by atoms with Gasteiger partial charge < -0.3 is 9.64 Å². The lowest BCUT2D eigenvalue weighted by molar-refractivity contribution is -0.0270. The van der Waals surface area contributed by atoms with E-state index in [-0.39, 0.29) is 6.23 Å². The molecule has 0 spiro atoms. The molecule has 0 aliphatic carbocycles. The highest BCUT2D eigenvalue weighted by Crippen LogP contribution is 2.04. The van der Waals surface area contributed by atoms with Crippen LogP contribution < -0.4 is 5.32 Å². The summed E-state index contributed by atoms with van der Waals surface area (Å²) in [5, 5.41) is 3.38. The fraction of sp³-hybridized carbons (Fsp3) is 1.00. The zero-order chi connectivity index (χ0) is 8.27. The van der Waals surface area contributed by atoms with Gasteiger partial charge >= 0.3 is 0 Å². The highest BCUT2D eigenvalue weighted by Gasteiger charge is 2.17. The second kappa shape index (κ2) is 4.04. The van der Waals surface area contributed by atoms with Crippen LogP contribution in [-0.2, 0) is 4.74 Å². The van der Waals surface area contributed by atoms with Crippen LogP contribution in [-0.4, -0.2) is 44.4 Å². The van der Waals surface area contributed by atoms with Crippen LogP contribution >= 0.6 is 0 Å². The van der Waals surface area contributed by atoms with Gasteiger partial charge in [0.25, 0.3) is 0 Å². The van der Waals surface area contributed by atoms with E-state index in [9.17, 15) is 0 Å². The molecule has 1 fully saturated rings. The first-order chi connectivity index (χ1) is 5.18. The summed E-state index contributed by atoms with van der Waals surface area (Å²) in [5.41, 5.74) is 0. The maximum atomic E-state index is 5.51. The average Bonchev–Trinajstić information content (AvgIpc) is 1.85. The van der Waals surface area contributed by atoms with Crippen molar-refractivity contribution in [2.45, 2.75) is 25.6 Å². The van der Waals surface area contributed by atoms with Crippen LogP contribution in [0.4, 0.5) is 0 Å². The second-order valence-electron chi connectivity index (χ2n) is 3.48. The Balaban J connectivity index is 2.23. The van der Waals surface area contributed by atoms with Crippen molar-refractivity contribution in [3.05, 3.63) is 0 Å². The number of likely N-dealkylation sites (N-methyl/N-ethyl adjacent to an activating group) is 1. The van der Waals surface area contributed by atoms with Gasteiger partial charge in [-0.15, -0.1) is 0 Å². The summed E-state index contributed by atoms with van der Waals surface area (Å²) >= 11 is 0. The zero-order valence-corrected chi connectivity index (χ0v) is 7.63. The van der Waals surface area contributed by atoms with E-state index >= 15 is 0 Å². The summed E-state index contributed by atoms with van der Waals surface area (Å²) in [4.78, 5) is 2.13. The standard InChI is InChI=1S/C8H18N2O/c1-7-4-5-11-8(9-7)6-10(2)3/h7-9H,4-6H2,1-3H3/t7-,8+/m1/s1. The minimum Gasteiger partial charge on any atom is -0.362 e. The minimum absolute atomic E-state index is 0.230. The van der Waals surface area contributed by atoms with E-state index in [0.29, 0.717) is 6.04 Å². The molecule has 1 rings (SSSR count). The van der Waals surface area contributed by atoms with Crippen LogP contribution in [0.15, 0.2) is 0 Å². The molecule has 1 N–H and O–H groups in total. The third kappa shape index (κ3) is 3.18. The zero-order valence-electron chi connectivity index (χ0n) is 7.63. The number of ether oxygens (including phenoxy) is 1. The highest BCUT2D eigenvalue weighted by atomic mass is 16.5. The molecule has 66 valence electrons. The number of rotatable bonds is 2. The molecule has 0 saturated carbocycles. The first kappa shape index (κ1) is 8.97. The predicted octanol–water partition coefficient (Wildman–Crippen LogP) is 0.272. The molecule has 1 aliphatic rings. The van der Waals surface area contributed by atoms with E-state index in [0.717, 1.165) is 19.6 Å². The van der Waals surface area contributed by atoms with Gasteiger partial charge in [0.2, 0.25) is 0 Å². The van der Waals surface area contributed by atoms with Crippen molar-refractivity contribution in [3.63, 3.8) is 0 Å². The number of hydrogen-bond donors (Lipinski definition) is 1. The van der Waals surface area contributed by atoms with Gasteiger partial charge in [0.05, 0.1) is 6.61 Å². The maximum absolute atomic E-state index is 5.51. The van der Waals surface area contributed by atoms with E-state index < -0.39 is 0 Å². The Morgan fingerprint density at radius 1 is 1.55 bits per heavy atom. The summed E-state index contributed by atoms with van der Waals surface area (Å²) in [5.74, 6) is 0. The first-order valence-electron chi connectivity index (χ1n) is 4.21. The van der Waals surface area contributed by atoms with E-state index in [4.69, 9.17) is 4.74 Å². The maximum Gasteiger partial charge on any atom is 0.121 e. The molecule has 1 saturated heterocycles. The van der Waals surface area contributed by atoms with Crippen molar-refractivity contribution in [2.24, 2.45) is 0 Å². The summed E-state index contributed by atoms with van der Waals surface area (Å²) in [7, 11) is 4.12. The third-order valence-corrected chi connectivity index (χ3v) is 1.87. The van der Waals surface area contributed by atoms with Crippen molar-refractivity contribution < 1.29 is 4.74 Å². The van der Waals surface area contributed by atoms with Crippen LogP contribution in [0.1, 0.15) is 13.3 Å². The highest BCUT2D eigenvalue weighted by molar-refractivity contribution is 4.70. The lowest BCUT2D eigenvalue weighted by Gasteiger charge is -2.30. The van der Waals surface area contributed by atoms with Gasteiger partial charge in [-0.3, -0.25) is 5.32 Å². The molecular weight excluding hydrogens is 140 g/mol. The number of nitrogens with zero attached hydrogens (tertiary/aromatic N) is 1. The molecule has 3 heteroatoms. The molecule has 0 aromatic carbocycles. The Kier molecular flexibility index (Phi) is 3.30. The van der Waals surface area contributed by atoms with Gasteiger partial charge in [-0.2, -0.15) is 0 Å². The van der Waals surface area contributed by atoms with Crippen LogP contribution in [0, 0.1) is 0 Å². The molecule has 1 aliphatic heterocycles. The number of hydrogen-bond acceptors (Lipinski definition) is 3. The van der Waals surface area contributed by atoms with Crippen molar-refractivity contribution in [1.82, 2.24) is 10.2 Å². The van der Waals surface area contributed by atoms with Gasteiger partial charge in [0.15, 0.2) is 0 Å². The Morgan fingerprint density at radius 2 is 2.27 bits per heavy atom. The molecule has 2 atom stereocenters. The molecule has 0 aromatic rings. The topological polar surface area (TPSA) is 24.5 Å². The first-order valence-corrected chi connectivity index (χ1v) is 4.21. The quantitative estimate of drug-likeness (QED) is 0.624. The molecule has 0 radical (unpaired) electrons. The summed E-state index contributed by atoms with van der Waals surface area (Å²) < 4.78 is 5.51. The van der Waals surface area contributed by atoms with E-state index in [1.165, 1.54) is 0 Å². The van der Waals surface area contributed by atoms with Crippen LogP contribution in [0.25, 0.3) is 0 Å². The Labute approximate surface area is 68.7 Å². The van der Waals surface area contributed by atoms with Crippen LogP contribution in [0.2, 0.25) is 0 Å². The van der Waals surface area contributed by atoms with Crippen molar-refractivity contribution in [1.29, 1.82) is 0 Å². The van der Waals surface area contributed by atoms with Gasteiger partial charge in [-0.05, 0) is 27.4 Å². The molecule has 1 heterocycles. The van der Waals surface area contributed by atoms with Crippen LogP contribution in [0.3, 0.4) is 0 Å². The monoisotopic (exact) mass is 158 g/mol. The second-order valence-corrected chi connectivity index (χ2v) is 3.48. The van der Waals surface area contributed by atoms with Crippen molar-refractivity contribution in [2.75, 3.05) is 27.2 Å². The van der Waals surface area contributed by atoms with Gasteiger partial charge in [-0.1, -0.05) is 0 Å². The van der Waals surface area contributed by atoms with Crippen LogP contribution in [0.5, 0.6) is 0 Å². The van der Waals surface area contributed by atoms with Gasteiger partial charge in [0.1, 0.15) is 6.23 Å². The molecule has 0 bridgehead atoms. The Bertz CT molecular complexity index is 115. The largest absolute Gasteiger partial charge is 0.362 e. The lowest BCUT2D eigenvalue weighted by atomic mass is 10.2. The van der Waals surface area contributed by atoms with Crippen molar-refractivity contribution >= 4 is 0 Å². The fourth-order valence-electron chi connectivity index (χ4n) is 1.27. The Morgan fingerprint density at radius 3 is 2.82 bits per heavy atom. The van der Waals surface area contributed by atoms with E-state index in [1.807, 2.05) is 0 Å². The molecule has 0 amide bonds. The van der Waals surface area contributed by atoms with E-state index in [2.05, 4.69) is 31.2 Å². The normalized spacial score (nSPS) is 32.7. The molecule has 0 aromatic heterocycles. The molecule has 0 unspecified atom stereocenters. The number of nitrogens with one attached hydrogen (secondary N) is 1. The van der Waals surface area contributed by atoms with Gasteiger partial charge in [-0.25, -0.2) is 0 Å². The van der Waals surface area contributed by atoms with Gasteiger partial charge in [0, 0.05) is 12.6 Å². The fourth-order valence-corrected chi connectivity index (χ4v) is 1.27. The summed E-state index contributed by atoms with van der Waals surface area (Å²) in [6.07, 6.45) is 1.36. The Hall–Kier alpha value is -0.120. The lowest BCUT2D eigenvalue weighted by Crippen LogP contribution is -2.48. The van der Waals surface area contributed by atoms with E-state index in [1.54, 1.807) is 0 Å². The molecule has 11 heavy (non-hydrogen) atoms.